The molecule has 0 fully saturated rings. The lowest BCUT2D eigenvalue weighted by molar-refractivity contribution is -0.0122. The van der Waals surface area contributed by atoms with E-state index in [1.165, 1.54) is 0 Å². The predicted molar refractivity (Wildman–Crippen MR) is 62.1 cm³/mol. The van der Waals surface area contributed by atoms with Gasteiger partial charge in [0.1, 0.15) is 17.1 Å². The minimum atomic E-state index is -0.194. The number of benzene rings is 1. The van der Waals surface area contributed by atoms with Crippen LogP contribution in [0.15, 0.2) is 18.2 Å². The molecular weight excluding hydrogens is 204 g/mol. The van der Waals surface area contributed by atoms with Crippen molar-refractivity contribution < 1.29 is 14.2 Å². The number of fused-ring (bicyclic) bond motifs is 1. The van der Waals surface area contributed by atoms with Crippen LogP contribution in [0.1, 0.15) is 31.9 Å². The number of hydrogen-bond donors (Lipinski definition) is 0. The largest absolute Gasteiger partial charge is 0.496 e. The molecule has 0 N–H and O–H groups in total. The fraction of sp³-hybridized carbons (Fsp3) is 0.538. The van der Waals surface area contributed by atoms with E-state index in [1.807, 2.05) is 18.2 Å². The highest BCUT2D eigenvalue weighted by Gasteiger charge is 2.35. The second kappa shape index (κ2) is 3.98. The molecule has 1 unspecified atom stereocenters. The fourth-order valence-electron chi connectivity index (χ4n) is 2.20. The summed E-state index contributed by atoms with van der Waals surface area (Å²) in [7, 11) is 3.39. The molecule has 1 aromatic carbocycles. The number of methoxy groups -OCH3 is 2. The third-order valence-electron chi connectivity index (χ3n) is 2.92. The van der Waals surface area contributed by atoms with Gasteiger partial charge in [0.2, 0.25) is 0 Å². The molecule has 0 radical (unpaired) electrons. The van der Waals surface area contributed by atoms with Crippen molar-refractivity contribution in [2.24, 2.45) is 0 Å². The van der Waals surface area contributed by atoms with E-state index >= 15 is 0 Å². The van der Waals surface area contributed by atoms with Gasteiger partial charge in [0.05, 0.1) is 18.8 Å². The lowest BCUT2D eigenvalue weighted by Gasteiger charge is -2.37. The smallest absolute Gasteiger partial charge is 0.129 e. The quantitative estimate of drug-likeness (QED) is 0.770. The van der Waals surface area contributed by atoms with Crippen LogP contribution in [0.25, 0.3) is 0 Å². The zero-order chi connectivity index (χ0) is 11.8. The molecule has 88 valence electrons. The Hall–Kier alpha value is -1.22. The van der Waals surface area contributed by atoms with Crippen molar-refractivity contribution in [1.82, 2.24) is 0 Å². The molecule has 0 aromatic heterocycles. The lowest BCUT2D eigenvalue weighted by atomic mass is 9.91. The van der Waals surface area contributed by atoms with E-state index in [2.05, 4.69) is 13.8 Å². The van der Waals surface area contributed by atoms with Gasteiger partial charge in [-0.05, 0) is 26.0 Å². The van der Waals surface area contributed by atoms with E-state index < -0.39 is 0 Å². The minimum Gasteiger partial charge on any atom is -0.496 e. The van der Waals surface area contributed by atoms with Crippen LogP contribution in [-0.4, -0.2) is 19.8 Å². The lowest BCUT2D eigenvalue weighted by Crippen LogP contribution is -2.35. The Kier molecular flexibility index (Phi) is 2.80. The number of hydrogen-bond acceptors (Lipinski definition) is 3. The molecule has 1 aliphatic heterocycles. The molecule has 0 saturated heterocycles. The minimum absolute atomic E-state index is 0.0369. The van der Waals surface area contributed by atoms with Crippen molar-refractivity contribution >= 4 is 0 Å². The molecule has 0 saturated carbocycles. The summed E-state index contributed by atoms with van der Waals surface area (Å²) in [5.41, 5.74) is 0.826. The van der Waals surface area contributed by atoms with Gasteiger partial charge in [-0.3, -0.25) is 0 Å². The second-order valence-corrected chi connectivity index (χ2v) is 4.66. The highest BCUT2D eigenvalue weighted by molar-refractivity contribution is 5.48. The third-order valence-corrected chi connectivity index (χ3v) is 2.92. The van der Waals surface area contributed by atoms with Gasteiger partial charge in [-0.25, -0.2) is 0 Å². The maximum Gasteiger partial charge on any atom is 0.129 e. The molecule has 1 aliphatic rings. The summed E-state index contributed by atoms with van der Waals surface area (Å²) in [5.74, 6) is 1.70. The molecule has 1 heterocycles. The van der Waals surface area contributed by atoms with Crippen molar-refractivity contribution in [2.75, 3.05) is 14.2 Å². The molecule has 16 heavy (non-hydrogen) atoms. The van der Waals surface area contributed by atoms with Gasteiger partial charge in [-0.15, -0.1) is 0 Å². The molecular formula is C13H18O3. The predicted octanol–water partition coefficient (Wildman–Crippen LogP) is 2.94. The number of ether oxygens (including phenoxy) is 3. The van der Waals surface area contributed by atoms with E-state index in [9.17, 15) is 0 Å². The first-order valence-corrected chi connectivity index (χ1v) is 5.46. The summed E-state index contributed by atoms with van der Waals surface area (Å²) in [4.78, 5) is 0. The zero-order valence-electron chi connectivity index (χ0n) is 10.2. The highest BCUT2D eigenvalue weighted by atomic mass is 16.5. The molecule has 1 aromatic rings. The van der Waals surface area contributed by atoms with Gasteiger partial charge in [-0.1, -0.05) is 6.07 Å². The maximum atomic E-state index is 5.93. The Labute approximate surface area is 96.3 Å². The Morgan fingerprint density at radius 1 is 1.31 bits per heavy atom. The highest BCUT2D eigenvalue weighted by Crippen LogP contribution is 2.45. The molecule has 0 spiro atoms. The van der Waals surface area contributed by atoms with Crippen LogP contribution in [0.3, 0.4) is 0 Å². The van der Waals surface area contributed by atoms with Crippen LogP contribution < -0.4 is 9.47 Å². The molecule has 2 rings (SSSR count). The fourth-order valence-corrected chi connectivity index (χ4v) is 2.20. The summed E-state index contributed by atoms with van der Waals surface area (Å²) in [6.07, 6.45) is 0.867. The molecule has 1 atom stereocenters. The van der Waals surface area contributed by atoms with Crippen molar-refractivity contribution in [3.63, 3.8) is 0 Å². The van der Waals surface area contributed by atoms with Gasteiger partial charge in [0.15, 0.2) is 0 Å². The van der Waals surface area contributed by atoms with Crippen molar-refractivity contribution in [3.8, 4) is 11.5 Å². The van der Waals surface area contributed by atoms with E-state index in [-0.39, 0.29) is 11.7 Å². The zero-order valence-corrected chi connectivity index (χ0v) is 10.2. The van der Waals surface area contributed by atoms with Crippen LogP contribution in [-0.2, 0) is 4.74 Å². The van der Waals surface area contributed by atoms with Crippen LogP contribution in [0.5, 0.6) is 11.5 Å². The normalized spacial score (nSPS) is 22.1. The average Bonchev–Trinajstić information content (AvgIpc) is 2.25. The van der Waals surface area contributed by atoms with Gasteiger partial charge in [-0.2, -0.15) is 0 Å². The summed E-state index contributed by atoms with van der Waals surface area (Å²) in [6.45, 7) is 4.14. The van der Waals surface area contributed by atoms with Crippen molar-refractivity contribution in [3.05, 3.63) is 23.8 Å². The van der Waals surface area contributed by atoms with Gasteiger partial charge in [0, 0.05) is 13.5 Å². The van der Waals surface area contributed by atoms with Crippen LogP contribution >= 0.6 is 0 Å². The first kappa shape index (κ1) is 11.3. The van der Waals surface area contributed by atoms with Gasteiger partial charge >= 0.3 is 0 Å². The monoisotopic (exact) mass is 222 g/mol. The second-order valence-electron chi connectivity index (χ2n) is 4.66. The van der Waals surface area contributed by atoms with Gasteiger partial charge in [0.25, 0.3) is 0 Å². The standard InChI is InChI=1S/C13H18O3/c1-13(2)8-11(15-4)12-9(14-3)6-5-7-10(12)16-13/h5-7,11H,8H2,1-4H3. The summed E-state index contributed by atoms with van der Waals surface area (Å²) in [6, 6.07) is 5.84. The summed E-state index contributed by atoms with van der Waals surface area (Å²) in [5, 5.41) is 0. The Bertz CT molecular complexity index is 385. The van der Waals surface area contributed by atoms with Crippen LogP contribution in [0, 0.1) is 0 Å². The first-order valence-electron chi connectivity index (χ1n) is 5.46. The van der Waals surface area contributed by atoms with Crippen LogP contribution in [0.4, 0.5) is 0 Å². The van der Waals surface area contributed by atoms with Gasteiger partial charge < -0.3 is 14.2 Å². The average molecular weight is 222 g/mol. The van der Waals surface area contributed by atoms with E-state index in [4.69, 9.17) is 14.2 Å². The van der Waals surface area contributed by atoms with E-state index in [0.717, 1.165) is 23.5 Å². The van der Waals surface area contributed by atoms with E-state index in [1.54, 1.807) is 14.2 Å². The van der Waals surface area contributed by atoms with Crippen molar-refractivity contribution in [2.45, 2.75) is 32.0 Å². The number of rotatable bonds is 2. The molecule has 3 heteroatoms. The summed E-state index contributed by atoms with van der Waals surface area (Å²) >= 11 is 0. The molecule has 0 aliphatic carbocycles. The SMILES string of the molecule is COc1cccc2c1C(OC)CC(C)(C)O2. The summed E-state index contributed by atoms with van der Waals surface area (Å²) < 4.78 is 16.8. The molecule has 3 nitrogen and oxygen atoms in total. The molecule has 0 amide bonds. The van der Waals surface area contributed by atoms with E-state index in [0.29, 0.717) is 0 Å². The topological polar surface area (TPSA) is 27.7 Å². The van der Waals surface area contributed by atoms with Crippen LogP contribution in [0.2, 0.25) is 0 Å². The third kappa shape index (κ3) is 1.87. The Balaban J connectivity index is 2.50. The Morgan fingerprint density at radius 2 is 2.06 bits per heavy atom. The van der Waals surface area contributed by atoms with Crippen molar-refractivity contribution in [1.29, 1.82) is 0 Å². The first-order chi connectivity index (χ1) is 7.57. The maximum absolute atomic E-state index is 5.93. The molecule has 0 bridgehead atoms. The Morgan fingerprint density at radius 3 is 2.69 bits per heavy atom.